The van der Waals surface area contributed by atoms with Gasteiger partial charge in [0.1, 0.15) is 0 Å². The Morgan fingerprint density at radius 2 is 2.07 bits per heavy atom. The summed E-state index contributed by atoms with van der Waals surface area (Å²) in [6.45, 7) is 1.69. The summed E-state index contributed by atoms with van der Waals surface area (Å²) in [6, 6.07) is 9.61. The Morgan fingerprint density at radius 3 is 2.67 bits per heavy atom. The van der Waals surface area contributed by atoms with Crippen LogP contribution in [0.25, 0.3) is 0 Å². The Labute approximate surface area is 89.6 Å². The first-order valence-electron chi connectivity index (χ1n) is 5.23. The monoisotopic (exact) mass is 202 g/mol. The fourth-order valence-corrected chi connectivity index (χ4v) is 1.94. The summed E-state index contributed by atoms with van der Waals surface area (Å²) >= 11 is 0. The molecule has 0 aliphatic carbocycles. The first-order chi connectivity index (χ1) is 7.29. The summed E-state index contributed by atoms with van der Waals surface area (Å²) in [5.74, 6) is 0. The van der Waals surface area contributed by atoms with Gasteiger partial charge in [-0.25, -0.2) is 0 Å². The van der Waals surface area contributed by atoms with Crippen molar-refractivity contribution in [2.45, 2.75) is 18.9 Å². The molecule has 0 radical (unpaired) electrons. The summed E-state index contributed by atoms with van der Waals surface area (Å²) in [4.78, 5) is 2.16. The highest BCUT2D eigenvalue weighted by Gasteiger charge is 2.17. The van der Waals surface area contributed by atoms with Crippen LogP contribution in [-0.4, -0.2) is 24.3 Å². The van der Waals surface area contributed by atoms with E-state index >= 15 is 0 Å². The van der Waals surface area contributed by atoms with Crippen molar-refractivity contribution in [1.82, 2.24) is 0 Å². The van der Waals surface area contributed by atoms with Crippen LogP contribution in [0.5, 0.6) is 0 Å². The Morgan fingerprint density at radius 1 is 1.33 bits per heavy atom. The number of hydrogen-bond donors (Lipinski definition) is 1. The van der Waals surface area contributed by atoms with Gasteiger partial charge >= 0.3 is 0 Å². The minimum Gasteiger partial charge on any atom is -0.391 e. The summed E-state index contributed by atoms with van der Waals surface area (Å²) in [7, 11) is 0. The fraction of sp³-hybridized carbons (Fsp3) is 0.417. The van der Waals surface area contributed by atoms with Crippen LogP contribution in [0.2, 0.25) is 0 Å². The molecule has 1 saturated heterocycles. The van der Waals surface area contributed by atoms with Crippen molar-refractivity contribution in [2.24, 2.45) is 0 Å². The van der Waals surface area contributed by atoms with Crippen LogP contribution in [0.4, 0.5) is 5.69 Å². The molecule has 0 unspecified atom stereocenters. The Bertz CT molecular complexity index is 366. The molecule has 1 N–H and O–H groups in total. The highest BCUT2D eigenvalue weighted by molar-refractivity contribution is 5.50. The second-order valence-electron chi connectivity index (χ2n) is 3.90. The number of rotatable bonds is 1. The van der Waals surface area contributed by atoms with Crippen molar-refractivity contribution in [3.63, 3.8) is 0 Å². The zero-order valence-electron chi connectivity index (χ0n) is 8.56. The van der Waals surface area contributed by atoms with E-state index < -0.39 is 0 Å². The highest BCUT2D eigenvalue weighted by atomic mass is 16.3. The molecule has 1 heterocycles. The van der Waals surface area contributed by atoms with E-state index in [1.165, 1.54) is 0 Å². The molecule has 1 aromatic carbocycles. The second-order valence-corrected chi connectivity index (χ2v) is 3.90. The topological polar surface area (TPSA) is 47.3 Å². The van der Waals surface area contributed by atoms with Crippen LogP contribution >= 0.6 is 0 Å². The second kappa shape index (κ2) is 4.33. The first kappa shape index (κ1) is 10.0. The van der Waals surface area contributed by atoms with Crippen molar-refractivity contribution < 1.29 is 5.11 Å². The highest BCUT2D eigenvalue weighted by Crippen LogP contribution is 2.20. The first-order valence-corrected chi connectivity index (χ1v) is 5.23. The molecular formula is C12H14N2O. The van der Waals surface area contributed by atoms with Gasteiger partial charge in [-0.05, 0) is 37.1 Å². The van der Waals surface area contributed by atoms with Gasteiger partial charge in [0.05, 0.1) is 17.7 Å². The minimum absolute atomic E-state index is 0.214. The maximum atomic E-state index is 9.55. The molecule has 1 atom stereocenters. The number of aliphatic hydroxyl groups excluding tert-OH is 1. The maximum Gasteiger partial charge on any atom is 0.0991 e. The Balaban J connectivity index is 2.12. The van der Waals surface area contributed by atoms with E-state index in [-0.39, 0.29) is 6.10 Å². The van der Waals surface area contributed by atoms with Gasteiger partial charge in [-0.2, -0.15) is 5.26 Å². The SMILES string of the molecule is N#Cc1ccc(N2CCC[C@@H](O)C2)cc1. The number of aliphatic hydroxyl groups is 1. The van der Waals surface area contributed by atoms with Crippen LogP contribution in [0, 0.1) is 11.3 Å². The van der Waals surface area contributed by atoms with E-state index in [1.807, 2.05) is 24.3 Å². The molecule has 15 heavy (non-hydrogen) atoms. The van der Waals surface area contributed by atoms with Gasteiger partial charge in [0.15, 0.2) is 0 Å². The van der Waals surface area contributed by atoms with Crippen LogP contribution in [0.1, 0.15) is 18.4 Å². The zero-order valence-corrected chi connectivity index (χ0v) is 8.56. The molecule has 1 aliphatic heterocycles. The summed E-state index contributed by atoms with van der Waals surface area (Å²) < 4.78 is 0. The normalized spacial score (nSPS) is 21.1. The van der Waals surface area contributed by atoms with Crippen LogP contribution in [0.3, 0.4) is 0 Å². The molecule has 0 saturated carbocycles. The van der Waals surface area contributed by atoms with Crippen molar-refractivity contribution >= 4 is 5.69 Å². The number of nitriles is 1. The molecule has 1 fully saturated rings. The Hall–Kier alpha value is -1.53. The largest absolute Gasteiger partial charge is 0.391 e. The lowest BCUT2D eigenvalue weighted by Gasteiger charge is -2.31. The average Bonchev–Trinajstić information content (AvgIpc) is 2.29. The van der Waals surface area contributed by atoms with Gasteiger partial charge in [0.25, 0.3) is 0 Å². The van der Waals surface area contributed by atoms with E-state index in [2.05, 4.69) is 11.0 Å². The predicted octanol–water partition coefficient (Wildman–Crippen LogP) is 1.52. The molecule has 78 valence electrons. The number of nitrogens with zero attached hydrogens (tertiary/aromatic N) is 2. The lowest BCUT2D eigenvalue weighted by molar-refractivity contribution is 0.154. The third-order valence-electron chi connectivity index (χ3n) is 2.76. The summed E-state index contributed by atoms with van der Waals surface area (Å²) in [5.41, 5.74) is 1.77. The summed E-state index contributed by atoms with van der Waals surface area (Å²) in [6.07, 6.45) is 1.71. The zero-order chi connectivity index (χ0) is 10.7. The minimum atomic E-state index is -0.214. The van der Waals surface area contributed by atoms with Crippen LogP contribution in [-0.2, 0) is 0 Å². The number of anilines is 1. The van der Waals surface area contributed by atoms with Gasteiger partial charge in [0, 0.05) is 18.8 Å². The van der Waals surface area contributed by atoms with E-state index in [0.29, 0.717) is 12.1 Å². The molecule has 0 bridgehead atoms. The van der Waals surface area contributed by atoms with Gasteiger partial charge in [-0.15, -0.1) is 0 Å². The molecule has 0 amide bonds. The lowest BCUT2D eigenvalue weighted by Crippen LogP contribution is -2.38. The Kier molecular flexibility index (Phi) is 2.89. The third-order valence-corrected chi connectivity index (χ3v) is 2.76. The summed E-state index contributed by atoms with van der Waals surface area (Å²) in [5, 5.41) is 18.2. The fourth-order valence-electron chi connectivity index (χ4n) is 1.94. The van der Waals surface area contributed by atoms with Gasteiger partial charge in [-0.1, -0.05) is 0 Å². The average molecular weight is 202 g/mol. The molecule has 2 rings (SSSR count). The van der Waals surface area contributed by atoms with Crippen molar-refractivity contribution in [3.8, 4) is 6.07 Å². The molecule has 1 aliphatic rings. The standard InChI is InChI=1S/C12H14N2O/c13-8-10-3-5-11(6-4-10)14-7-1-2-12(15)9-14/h3-6,12,15H,1-2,7,9H2/t12-/m1/s1. The molecule has 0 aromatic heterocycles. The van der Waals surface area contributed by atoms with Gasteiger partial charge in [0.2, 0.25) is 0 Å². The number of piperidine rings is 1. The number of β-amino-alcohol motifs (C(OH)–C–C–N with tert-alkyl or cyclic N) is 1. The molecule has 3 nitrogen and oxygen atoms in total. The van der Waals surface area contributed by atoms with Crippen molar-refractivity contribution in [1.29, 1.82) is 5.26 Å². The van der Waals surface area contributed by atoms with Gasteiger partial charge in [-0.3, -0.25) is 0 Å². The predicted molar refractivity (Wildman–Crippen MR) is 58.6 cm³/mol. The molecule has 3 heteroatoms. The van der Waals surface area contributed by atoms with Crippen molar-refractivity contribution in [3.05, 3.63) is 29.8 Å². The molecular weight excluding hydrogens is 188 g/mol. The molecule has 1 aromatic rings. The van der Waals surface area contributed by atoms with Crippen LogP contribution < -0.4 is 4.90 Å². The van der Waals surface area contributed by atoms with Crippen molar-refractivity contribution in [2.75, 3.05) is 18.0 Å². The van der Waals surface area contributed by atoms with E-state index in [4.69, 9.17) is 5.26 Å². The quantitative estimate of drug-likeness (QED) is 0.751. The van der Waals surface area contributed by atoms with E-state index in [9.17, 15) is 5.11 Å². The van der Waals surface area contributed by atoms with Gasteiger partial charge < -0.3 is 10.0 Å². The smallest absolute Gasteiger partial charge is 0.0991 e. The molecule has 0 spiro atoms. The number of benzene rings is 1. The van der Waals surface area contributed by atoms with E-state index in [0.717, 1.165) is 25.1 Å². The van der Waals surface area contributed by atoms with E-state index in [1.54, 1.807) is 0 Å². The number of hydrogen-bond acceptors (Lipinski definition) is 3. The maximum absolute atomic E-state index is 9.55. The lowest BCUT2D eigenvalue weighted by atomic mass is 10.1. The van der Waals surface area contributed by atoms with Crippen LogP contribution in [0.15, 0.2) is 24.3 Å². The third kappa shape index (κ3) is 2.28.